The van der Waals surface area contributed by atoms with Crippen LogP contribution >= 0.6 is 0 Å². The molecule has 0 bridgehead atoms. The highest BCUT2D eigenvalue weighted by Crippen LogP contribution is 2.10. The first-order chi connectivity index (χ1) is 8.33. The van der Waals surface area contributed by atoms with E-state index in [1.165, 1.54) is 6.20 Å². The standard InChI is InChI=1S/C11H12N4O2/c16-11(15-8-1-2-17-5-8)7-3-9-10(12-4-7)14-6-13-9/h3-4,6,8H,1-2,5H2,(H,15,16)(H,12,13,14)/t8-/m0/s1. The Hall–Kier alpha value is -1.95. The van der Waals surface area contributed by atoms with E-state index in [0.29, 0.717) is 24.4 Å². The predicted octanol–water partition coefficient (Wildman–Crippen LogP) is 0.477. The molecule has 1 atom stereocenters. The molecular formula is C11H12N4O2. The number of carbonyl (C=O) groups excluding carboxylic acids is 1. The number of hydrogen-bond acceptors (Lipinski definition) is 4. The van der Waals surface area contributed by atoms with Crippen molar-refractivity contribution < 1.29 is 9.53 Å². The zero-order valence-corrected chi connectivity index (χ0v) is 9.14. The van der Waals surface area contributed by atoms with Crippen LogP contribution < -0.4 is 5.32 Å². The lowest BCUT2D eigenvalue weighted by atomic mass is 10.2. The maximum Gasteiger partial charge on any atom is 0.253 e. The van der Waals surface area contributed by atoms with Crippen LogP contribution in [0.15, 0.2) is 18.6 Å². The summed E-state index contributed by atoms with van der Waals surface area (Å²) in [5.41, 5.74) is 1.92. The fraction of sp³-hybridized carbons (Fsp3) is 0.364. The van der Waals surface area contributed by atoms with Crippen molar-refractivity contribution in [1.29, 1.82) is 0 Å². The van der Waals surface area contributed by atoms with E-state index in [-0.39, 0.29) is 11.9 Å². The number of carbonyl (C=O) groups is 1. The van der Waals surface area contributed by atoms with Crippen molar-refractivity contribution in [3.8, 4) is 0 Å². The number of aromatic amines is 1. The molecule has 1 amide bonds. The number of H-pyrrole nitrogens is 1. The normalized spacial score (nSPS) is 19.6. The van der Waals surface area contributed by atoms with Gasteiger partial charge in [-0.25, -0.2) is 9.97 Å². The number of nitrogens with zero attached hydrogens (tertiary/aromatic N) is 2. The van der Waals surface area contributed by atoms with Crippen LogP contribution in [0, 0.1) is 0 Å². The van der Waals surface area contributed by atoms with Gasteiger partial charge >= 0.3 is 0 Å². The number of nitrogens with one attached hydrogen (secondary N) is 2. The molecule has 88 valence electrons. The zero-order valence-electron chi connectivity index (χ0n) is 9.14. The van der Waals surface area contributed by atoms with Gasteiger partial charge in [0, 0.05) is 12.8 Å². The molecule has 0 spiro atoms. The Morgan fingerprint density at radius 1 is 1.53 bits per heavy atom. The first kappa shape index (κ1) is 10.2. The summed E-state index contributed by atoms with van der Waals surface area (Å²) in [6.07, 6.45) is 3.96. The third-order valence-electron chi connectivity index (χ3n) is 2.80. The highest BCUT2D eigenvalue weighted by Gasteiger charge is 2.18. The van der Waals surface area contributed by atoms with Crippen LogP contribution in [-0.2, 0) is 4.74 Å². The Balaban J connectivity index is 1.79. The summed E-state index contributed by atoms with van der Waals surface area (Å²) in [4.78, 5) is 23.0. The number of amides is 1. The molecule has 17 heavy (non-hydrogen) atoms. The second-order valence-corrected chi connectivity index (χ2v) is 4.03. The lowest BCUT2D eigenvalue weighted by Gasteiger charge is -2.09. The van der Waals surface area contributed by atoms with Crippen LogP contribution in [0.5, 0.6) is 0 Å². The fourth-order valence-corrected chi connectivity index (χ4v) is 1.87. The van der Waals surface area contributed by atoms with Gasteiger partial charge in [0.1, 0.15) is 0 Å². The second kappa shape index (κ2) is 4.14. The summed E-state index contributed by atoms with van der Waals surface area (Å²) < 4.78 is 5.21. The first-order valence-corrected chi connectivity index (χ1v) is 5.50. The highest BCUT2D eigenvalue weighted by molar-refractivity contribution is 5.96. The second-order valence-electron chi connectivity index (χ2n) is 4.03. The van der Waals surface area contributed by atoms with E-state index in [2.05, 4.69) is 20.3 Å². The summed E-state index contributed by atoms with van der Waals surface area (Å²) in [7, 11) is 0. The van der Waals surface area contributed by atoms with Gasteiger partial charge in [0.2, 0.25) is 0 Å². The van der Waals surface area contributed by atoms with Crippen LogP contribution in [0.1, 0.15) is 16.8 Å². The maximum absolute atomic E-state index is 11.9. The number of rotatable bonds is 2. The van der Waals surface area contributed by atoms with Crippen LogP contribution in [0.3, 0.4) is 0 Å². The molecule has 2 aromatic rings. The molecule has 1 aliphatic heterocycles. The smallest absolute Gasteiger partial charge is 0.253 e. The Kier molecular flexibility index (Phi) is 2.49. The molecule has 0 saturated carbocycles. The largest absolute Gasteiger partial charge is 0.379 e. The topological polar surface area (TPSA) is 79.9 Å². The van der Waals surface area contributed by atoms with Crippen molar-refractivity contribution in [2.24, 2.45) is 0 Å². The number of imidazole rings is 1. The first-order valence-electron chi connectivity index (χ1n) is 5.50. The third kappa shape index (κ3) is 1.99. The number of hydrogen-bond donors (Lipinski definition) is 2. The molecule has 1 saturated heterocycles. The van der Waals surface area contributed by atoms with Gasteiger partial charge in [-0.2, -0.15) is 0 Å². The van der Waals surface area contributed by atoms with Gasteiger partial charge in [-0.3, -0.25) is 4.79 Å². The molecule has 0 aliphatic carbocycles. The molecule has 2 aromatic heterocycles. The van der Waals surface area contributed by atoms with E-state index in [9.17, 15) is 4.79 Å². The maximum atomic E-state index is 11.9. The van der Waals surface area contributed by atoms with E-state index in [0.717, 1.165) is 11.9 Å². The van der Waals surface area contributed by atoms with Gasteiger partial charge in [-0.15, -0.1) is 0 Å². The summed E-state index contributed by atoms with van der Waals surface area (Å²) >= 11 is 0. The van der Waals surface area contributed by atoms with Gasteiger partial charge in [-0.1, -0.05) is 0 Å². The minimum absolute atomic E-state index is 0.111. The van der Waals surface area contributed by atoms with Crippen molar-refractivity contribution in [3.63, 3.8) is 0 Å². The van der Waals surface area contributed by atoms with E-state index in [1.54, 1.807) is 12.4 Å². The molecule has 0 unspecified atom stereocenters. The summed E-state index contributed by atoms with van der Waals surface area (Å²) in [6.45, 7) is 1.30. The average molecular weight is 232 g/mol. The van der Waals surface area contributed by atoms with E-state index in [4.69, 9.17) is 4.74 Å². The summed E-state index contributed by atoms with van der Waals surface area (Å²) in [5.74, 6) is -0.121. The summed E-state index contributed by atoms with van der Waals surface area (Å²) in [6, 6.07) is 1.86. The van der Waals surface area contributed by atoms with Gasteiger partial charge < -0.3 is 15.0 Å². The monoisotopic (exact) mass is 232 g/mol. The molecular weight excluding hydrogens is 220 g/mol. The zero-order chi connectivity index (χ0) is 11.7. The van der Waals surface area contributed by atoms with Crippen molar-refractivity contribution >= 4 is 17.1 Å². The van der Waals surface area contributed by atoms with Crippen LogP contribution in [-0.4, -0.2) is 40.1 Å². The Labute approximate surface area is 97.4 Å². The number of aromatic nitrogens is 3. The lowest BCUT2D eigenvalue weighted by molar-refractivity contribution is 0.0929. The molecule has 3 heterocycles. The van der Waals surface area contributed by atoms with Gasteiger partial charge in [0.25, 0.3) is 5.91 Å². The molecule has 6 heteroatoms. The van der Waals surface area contributed by atoms with E-state index < -0.39 is 0 Å². The van der Waals surface area contributed by atoms with Crippen molar-refractivity contribution in [1.82, 2.24) is 20.3 Å². The van der Waals surface area contributed by atoms with Crippen molar-refractivity contribution in [2.75, 3.05) is 13.2 Å². The van der Waals surface area contributed by atoms with E-state index >= 15 is 0 Å². The number of fused-ring (bicyclic) bond motifs is 1. The molecule has 1 aliphatic rings. The fourth-order valence-electron chi connectivity index (χ4n) is 1.87. The molecule has 0 aromatic carbocycles. The summed E-state index contributed by atoms with van der Waals surface area (Å²) in [5, 5.41) is 2.91. The highest BCUT2D eigenvalue weighted by atomic mass is 16.5. The van der Waals surface area contributed by atoms with Gasteiger partial charge in [0.15, 0.2) is 5.65 Å². The van der Waals surface area contributed by atoms with Gasteiger partial charge in [0.05, 0.1) is 30.1 Å². The number of pyridine rings is 1. The minimum atomic E-state index is -0.121. The Morgan fingerprint density at radius 2 is 2.47 bits per heavy atom. The SMILES string of the molecule is O=C(N[C@H]1CCOC1)c1cnc2nc[nH]c2c1. The predicted molar refractivity (Wildman–Crippen MR) is 60.6 cm³/mol. The molecule has 2 N–H and O–H groups in total. The molecule has 0 radical (unpaired) electrons. The Bertz CT molecular complexity index is 545. The average Bonchev–Trinajstić information content (AvgIpc) is 2.97. The van der Waals surface area contributed by atoms with Gasteiger partial charge in [-0.05, 0) is 12.5 Å². The van der Waals surface area contributed by atoms with Crippen LogP contribution in [0.2, 0.25) is 0 Å². The molecule has 1 fully saturated rings. The lowest BCUT2D eigenvalue weighted by Crippen LogP contribution is -2.35. The van der Waals surface area contributed by atoms with Crippen LogP contribution in [0.25, 0.3) is 11.2 Å². The Morgan fingerprint density at radius 3 is 3.29 bits per heavy atom. The van der Waals surface area contributed by atoms with Crippen LogP contribution in [0.4, 0.5) is 0 Å². The minimum Gasteiger partial charge on any atom is -0.379 e. The number of ether oxygens (including phenoxy) is 1. The molecule has 6 nitrogen and oxygen atoms in total. The van der Waals surface area contributed by atoms with E-state index in [1.807, 2.05) is 0 Å². The van der Waals surface area contributed by atoms with Crippen molar-refractivity contribution in [2.45, 2.75) is 12.5 Å². The quantitative estimate of drug-likeness (QED) is 0.789. The third-order valence-corrected chi connectivity index (χ3v) is 2.80. The molecule has 3 rings (SSSR count). The van der Waals surface area contributed by atoms with Crippen molar-refractivity contribution in [3.05, 3.63) is 24.2 Å².